The number of amides is 1. The van der Waals surface area contributed by atoms with Crippen LogP contribution in [-0.2, 0) is 16.6 Å². The SMILES string of the molecule is CN1C(=O)CC[C@]2(C)c3ccc(-c4cccc(Cl)c4Cl)cc3CC[C@@H]12. The normalized spacial score (nSPS) is 25.5. The predicted octanol–water partition coefficient (Wildman–Crippen LogP) is 5.49. The van der Waals surface area contributed by atoms with Crippen molar-refractivity contribution in [2.75, 3.05) is 7.05 Å². The van der Waals surface area contributed by atoms with Crippen molar-refractivity contribution in [3.63, 3.8) is 0 Å². The number of piperidine rings is 1. The lowest BCUT2D eigenvalue weighted by molar-refractivity contribution is -0.138. The minimum Gasteiger partial charge on any atom is -0.342 e. The predicted molar refractivity (Wildman–Crippen MR) is 103 cm³/mol. The van der Waals surface area contributed by atoms with E-state index >= 15 is 0 Å². The lowest BCUT2D eigenvalue weighted by Gasteiger charge is -2.50. The number of benzene rings is 2. The number of nitrogens with zero attached hydrogens (tertiary/aromatic N) is 1. The largest absolute Gasteiger partial charge is 0.342 e. The molecule has 1 aliphatic carbocycles. The minimum absolute atomic E-state index is 0.0346. The Hall–Kier alpha value is -1.51. The van der Waals surface area contributed by atoms with Gasteiger partial charge in [-0.25, -0.2) is 0 Å². The van der Waals surface area contributed by atoms with E-state index in [9.17, 15) is 4.79 Å². The number of halogens is 2. The molecule has 0 aromatic heterocycles. The number of rotatable bonds is 1. The maximum Gasteiger partial charge on any atom is 0.222 e. The number of likely N-dealkylation sites (N-methyl/N-ethyl adjacent to an activating group) is 1. The first-order valence-corrected chi connectivity index (χ1v) is 9.51. The molecule has 0 saturated carbocycles. The summed E-state index contributed by atoms with van der Waals surface area (Å²) in [5.41, 5.74) is 4.86. The van der Waals surface area contributed by atoms with Crippen molar-refractivity contribution in [1.29, 1.82) is 0 Å². The topological polar surface area (TPSA) is 20.3 Å². The van der Waals surface area contributed by atoms with Crippen molar-refractivity contribution in [3.8, 4) is 11.1 Å². The first-order valence-electron chi connectivity index (χ1n) is 8.75. The Morgan fingerprint density at radius 2 is 1.96 bits per heavy atom. The number of carbonyl (C=O) groups is 1. The molecule has 1 heterocycles. The zero-order valence-corrected chi connectivity index (χ0v) is 16.0. The number of aryl methyl sites for hydroxylation is 1. The van der Waals surface area contributed by atoms with Gasteiger partial charge in [0.2, 0.25) is 5.91 Å². The quantitative estimate of drug-likeness (QED) is 0.647. The van der Waals surface area contributed by atoms with Gasteiger partial charge in [-0.1, -0.05) is 60.5 Å². The van der Waals surface area contributed by atoms with E-state index in [-0.39, 0.29) is 11.3 Å². The van der Waals surface area contributed by atoms with Gasteiger partial charge in [-0.05, 0) is 42.0 Å². The molecular formula is C21H21Cl2NO. The van der Waals surface area contributed by atoms with Gasteiger partial charge in [0.25, 0.3) is 0 Å². The molecular weight excluding hydrogens is 353 g/mol. The molecule has 2 aliphatic rings. The Kier molecular flexibility index (Phi) is 4.09. The van der Waals surface area contributed by atoms with E-state index in [4.69, 9.17) is 23.2 Å². The highest BCUT2D eigenvalue weighted by Crippen LogP contribution is 2.46. The van der Waals surface area contributed by atoms with E-state index in [1.165, 1.54) is 11.1 Å². The van der Waals surface area contributed by atoms with Crippen LogP contribution in [-0.4, -0.2) is 23.9 Å². The monoisotopic (exact) mass is 373 g/mol. The highest BCUT2D eigenvalue weighted by Gasteiger charge is 2.46. The zero-order chi connectivity index (χ0) is 17.8. The fourth-order valence-corrected chi connectivity index (χ4v) is 5.09. The fourth-order valence-electron chi connectivity index (χ4n) is 4.68. The second-order valence-electron chi connectivity index (χ2n) is 7.45. The van der Waals surface area contributed by atoms with E-state index in [0.29, 0.717) is 22.5 Å². The summed E-state index contributed by atoms with van der Waals surface area (Å²) in [6.07, 6.45) is 3.55. The molecule has 0 spiro atoms. The fraction of sp³-hybridized carbons (Fsp3) is 0.381. The van der Waals surface area contributed by atoms with Gasteiger partial charge < -0.3 is 4.90 Å². The third-order valence-corrected chi connectivity index (χ3v) is 6.94. The molecule has 0 N–H and O–H groups in total. The summed E-state index contributed by atoms with van der Waals surface area (Å²) in [4.78, 5) is 14.1. The van der Waals surface area contributed by atoms with Crippen LogP contribution in [0.15, 0.2) is 36.4 Å². The summed E-state index contributed by atoms with van der Waals surface area (Å²) < 4.78 is 0. The van der Waals surface area contributed by atoms with E-state index in [0.717, 1.165) is 30.4 Å². The highest BCUT2D eigenvalue weighted by molar-refractivity contribution is 6.43. The average molecular weight is 374 g/mol. The minimum atomic E-state index is 0.0346. The van der Waals surface area contributed by atoms with Crippen LogP contribution in [0.3, 0.4) is 0 Å². The highest BCUT2D eigenvalue weighted by atomic mass is 35.5. The van der Waals surface area contributed by atoms with E-state index in [1.807, 2.05) is 30.1 Å². The van der Waals surface area contributed by atoms with Crippen molar-refractivity contribution in [3.05, 3.63) is 57.6 Å². The van der Waals surface area contributed by atoms with Crippen LogP contribution < -0.4 is 0 Å². The van der Waals surface area contributed by atoms with Crippen molar-refractivity contribution in [1.82, 2.24) is 4.90 Å². The molecule has 25 heavy (non-hydrogen) atoms. The maximum atomic E-state index is 12.1. The molecule has 2 aromatic carbocycles. The van der Waals surface area contributed by atoms with Gasteiger partial charge >= 0.3 is 0 Å². The summed E-state index contributed by atoms with van der Waals surface area (Å²) in [5.74, 6) is 0.272. The summed E-state index contributed by atoms with van der Waals surface area (Å²) in [6, 6.07) is 12.7. The van der Waals surface area contributed by atoms with E-state index in [2.05, 4.69) is 25.1 Å². The first kappa shape index (κ1) is 16.9. The molecule has 1 aliphatic heterocycles. The Labute approximate surface area is 158 Å². The van der Waals surface area contributed by atoms with Gasteiger partial charge in [-0.2, -0.15) is 0 Å². The van der Waals surface area contributed by atoms with E-state index < -0.39 is 0 Å². The first-order chi connectivity index (χ1) is 11.9. The lowest BCUT2D eigenvalue weighted by atomic mass is 9.63. The third kappa shape index (κ3) is 2.58. The van der Waals surface area contributed by atoms with Crippen LogP contribution in [0.1, 0.15) is 37.3 Å². The molecule has 1 fully saturated rings. The van der Waals surface area contributed by atoms with Gasteiger partial charge in [0.05, 0.1) is 10.0 Å². The molecule has 4 rings (SSSR count). The van der Waals surface area contributed by atoms with Gasteiger partial charge in [0, 0.05) is 30.5 Å². The van der Waals surface area contributed by atoms with Crippen LogP contribution in [0, 0.1) is 0 Å². The third-order valence-electron chi connectivity index (χ3n) is 6.12. The molecule has 1 amide bonds. The number of fused-ring (bicyclic) bond motifs is 3. The van der Waals surface area contributed by atoms with Crippen molar-refractivity contribution >= 4 is 29.1 Å². The van der Waals surface area contributed by atoms with Crippen LogP contribution in [0.25, 0.3) is 11.1 Å². The van der Waals surface area contributed by atoms with Crippen LogP contribution >= 0.6 is 23.2 Å². The van der Waals surface area contributed by atoms with Crippen molar-refractivity contribution < 1.29 is 4.79 Å². The van der Waals surface area contributed by atoms with E-state index in [1.54, 1.807) is 0 Å². The summed E-state index contributed by atoms with van der Waals surface area (Å²) in [6.45, 7) is 2.31. The Bertz CT molecular complexity index is 863. The van der Waals surface area contributed by atoms with Crippen molar-refractivity contribution in [2.45, 2.75) is 44.1 Å². The van der Waals surface area contributed by atoms with Gasteiger partial charge in [0.1, 0.15) is 0 Å². The lowest BCUT2D eigenvalue weighted by Crippen LogP contribution is -2.56. The molecule has 2 atom stereocenters. The molecule has 130 valence electrons. The van der Waals surface area contributed by atoms with Crippen LogP contribution in [0.4, 0.5) is 0 Å². The number of carbonyl (C=O) groups excluding carboxylic acids is 1. The summed E-state index contributed by atoms with van der Waals surface area (Å²) >= 11 is 12.6. The summed E-state index contributed by atoms with van der Waals surface area (Å²) in [7, 11) is 1.95. The zero-order valence-electron chi connectivity index (χ0n) is 14.5. The Balaban J connectivity index is 1.78. The molecule has 1 saturated heterocycles. The average Bonchev–Trinajstić information content (AvgIpc) is 2.60. The summed E-state index contributed by atoms with van der Waals surface area (Å²) in [5, 5.41) is 1.18. The van der Waals surface area contributed by atoms with Crippen molar-refractivity contribution in [2.24, 2.45) is 0 Å². The number of hydrogen-bond acceptors (Lipinski definition) is 1. The smallest absolute Gasteiger partial charge is 0.222 e. The Morgan fingerprint density at radius 3 is 2.76 bits per heavy atom. The standard InChI is InChI=1S/C21H21Cl2NO/c1-21-11-10-19(25)24(2)18(21)9-7-14-12-13(6-8-16(14)21)15-4-3-5-17(22)20(15)23/h3-6,8,12,18H,7,9-11H2,1-2H3/t18-,21-/m1/s1. The molecule has 2 nitrogen and oxygen atoms in total. The van der Waals surface area contributed by atoms with Crippen LogP contribution in [0.5, 0.6) is 0 Å². The van der Waals surface area contributed by atoms with Gasteiger partial charge in [0.15, 0.2) is 0 Å². The number of hydrogen-bond donors (Lipinski definition) is 0. The Morgan fingerprint density at radius 1 is 1.16 bits per heavy atom. The molecule has 0 bridgehead atoms. The molecule has 0 unspecified atom stereocenters. The molecule has 4 heteroatoms. The number of likely N-dealkylation sites (tertiary alicyclic amines) is 1. The van der Waals surface area contributed by atoms with Crippen LogP contribution in [0.2, 0.25) is 10.0 Å². The van der Waals surface area contributed by atoms with Gasteiger partial charge in [-0.15, -0.1) is 0 Å². The second kappa shape index (κ2) is 6.03. The molecule has 2 aromatic rings. The molecule has 0 radical (unpaired) electrons. The second-order valence-corrected chi connectivity index (χ2v) is 8.24. The van der Waals surface area contributed by atoms with Gasteiger partial charge in [-0.3, -0.25) is 4.79 Å². The maximum absolute atomic E-state index is 12.1.